The molecule has 39 heavy (non-hydrogen) atoms. The van der Waals surface area contributed by atoms with Crippen molar-refractivity contribution in [2.45, 2.75) is 45.1 Å². The number of nitrogens with one attached hydrogen (secondary N) is 2. The predicted molar refractivity (Wildman–Crippen MR) is 151 cm³/mol. The second-order valence-electron chi connectivity index (χ2n) is 9.42. The number of amides is 2. The van der Waals surface area contributed by atoms with Crippen molar-refractivity contribution in [3.05, 3.63) is 75.7 Å². The number of halogens is 2. The lowest BCUT2D eigenvalue weighted by atomic mass is 10.1. The van der Waals surface area contributed by atoms with Crippen molar-refractivity contribution in [2.24, 2.45) is 0 Å². The van der Waals surface area contributed by atoms with Crippen molar-refractivity contribution >= 4 is 52.5 Å². The van der Waals surface area contributed by atoms with Crippen LogP contribution in [0.3, 0.4) is 0 Å². The summed E-state index contributed by atoms with van der Waals surface area (Å²) in [6.45, 7) is 1.27. The molecule has 0 radical (unpaired) electrons. The minimum atomic E-state index is -0.574. The fraction of sp³-hybridized carbons (Fsp3) is 0.321. The monoisotopic (exact) mass is 569 g/mol. The van der Waals surface area contributed by atoms with Crippen molar-refractivity contribution in [1.82, 2.24) is 15.3 Å². The first kappa shape index (κ1) is 28.3. The Kier molecular flexibility index (Phi) is 9.37. The molecule has 0 atom stereocenters. The van der Waals surface area contributed by atoms with Gasteiger partial charge in [0.2, 0.25) is 11.7 Å². The fourth-order valence-electron chi connectivity index (χ4n) is 4.35. The average molecular weight is 570 g/mol. The van der Waals surface area contributed by atoms with E-state index in [0.717, 1.165) is 31.2 Å². The highest BCUT2D eigenvalue weighted by molar-refractivity contribution is 6.31. The number of hydrogen-bond acceptors (Lipinski definition) is 7. The summed E-state index contributed by atoms with van der Waals surface area (Å²) in [5.41, 5.74) is 1.98. The molecule has 9 nitrogen and oxygen atoms in total. The maximum absolute atomic E-state index is 12.6. The SMILES string of the molecule is CC(=O)Oc1c(Cl)nc(Cc2ccc(NC(=O)c3ccc(Cl)cc3)cc2)nc1N(C)CC(=O)NC1CCCC1. The molecule has 11 heteroatoms. The summed E-state index contributed by atoms with van der Waals surface area (Å²) in [7, 11) is 1.68. The molecule has 0 aliphatic heterocycles. The Morgan fingerprint density at radius 3 is 2.31 bits per heavy atom. The number of carbonyl (C=O) groups is 3. The maximum Gasteiger partial charge on any atom is 0.308 e. The van der Waals surface area contributed by atoms with Gasteiger partial charge in [-0.3, -0.25) is 14.4 Å². The minimum absolute atomic E-state index is 0.00402. The number of benzene rings is 2. The lowest BCUT2D eigenvalue weighted by Gasteiger charge is -2.22. The van der Waals surface area contributed by atoms with Crippen LogP contribution in [0.5, 0.6) is 5.75 Å². The summed E-state index contributed by atoms with van der Waals surface area (Å²) in [5.74, 6) is -0.342. The zero-order chi connectivity index (χ0) is 27.9. The highest BCUT2D eigenvalue weighted by Gasteiger charge is 2.23. The largest absolute Gasteiger partial charge is 0.419 e. The van der Waals surface area contributed by atoms with Gasteiger partial charge in [0.05, 0.1) is 6.54 Å². The van der Waals surface area contributed by atoms with Crippen molar-refractivity contribution in [1.29, 1.82) is 0 Å². The average Bonchev–Trinajstić information content (AvgIpc) is 3.39. The maximum atomic E-state index is 12.6. The Balaban J connectivity index is 1.47. The molecule has 1 heterocycles. The van der Waals surface area contributed by atoms with E-state index < -0.39 is 5.97 Å². The third-order valence-corrected chi connectivity index (χ3v) is 6.75. The van der Waals surface area contributed by atoms with E-state index in [-0.39, 0.29) is 41.1 Å². The van der Waals surface area contributed by atoms with E-state index in [9.17, 15) is 14.4 Å². The van der Waals surface area contributed by atoms with Crippen LogP contribution in [0.15, 0.2) is 48.5 Å². The Morgan fingerprint density at radius 2 is 1.67 bits per heavy atom. The number of ether oxygens (including phenoxy) is 1. The lowest BCUT2D eigenvalue weighted by Crippen LogP contribution is -2.40. The van der Waals surface area contributed by atoms with Gasteiger partial charge in [0.15, 0.2) is 11.0 Å². The number of likely N-dealkylation sites (N-methyl/N-ethyl adjacent to an activating group) is 1. The molecule has 204 valence electrons. The van der Waals surface area contributed by atoms with Crippen molar-refractivity contribution < 1.29 is 19.1 Å². The fourth-order valence-corrected chi connectivity index (χ4v) is 4.70. The lowest BCUT2D eigenvalue weighted by molar-refractivity contribution is -0.131. The first-order valence-corrected chi connectivity index (χ1v) is 13.3. The third kappa shape index (κ3) is 7.91. The van der Waals surface area contributed by atoms with E-state index in [1.807, 2.05) is 12.1 Å². The van der Waals surface area contributed by atoms with Gasteiger partial charge in [-0.1, -0.05) is 48.2 Å². The molecule has 3 aromatic rings. The van der Waals surface area contributed by atoms with E-state index in [1.54, 1.807) is 48.3 Å². The van der Waals surface area contributed by atoms with E-state index in [0.29, 0.717) is 28.5 Å². The molecule has 1 fully saturated rings. The van der Waals surface area contributed by atoms with Crippen molar-refractivity contribution in [2.75, 3.05) is 23.8 Å². The van der Waals surface area contributed by atoms with Crippen molar-refractivity contribution in [3.8, 4) is 5.75 Å². The van der Waals surface area contributed by atoms with Crippen LogP contribution in [0.1, 0.15) is 54.4 Å². The normalized spacial score (nSPS) is 13.1. The Hall–Kier alpha value is -3.69. The first-order valence-electron chi connectivity index (χ1n) is 12.6. The van der Waals surface area contributed by atoms with Crippen LogP contribution in [0.25, 0.3) is 0 Å². The van der Waals surface area contributed by atoms with Crippen LogP contribution in [0.4, 0.5) is 11.5 Å². The molecule has 0 spiro atoms. The molecule has 0 bridgehead atoms. The Bertz CT molecular complexity index is 1340. The molecule has 2 amide bonds. The minimum Gasteiger partial charge on any atom is -0.419 e. The quantitative estimate of drug-likeness (QED) is 0.274. The predicted octanol–water partition coefficient (Wildman–Crippen LogP) is 5.05. The summed E-state index contributed by atoms with van der Waals surface area (Å²) >= 11 is 12.3. The van der Waals surface area contributed by atoms with Crippen LogP contribution in [-0.2, 0) is 16.0 Å². The molecule has 1 saturated carbocycles. The number of rotatable bonds is 9. The van der Waals surface area contributed by atoms with Gasteiger partial charge in [-0.05, 0) is 54.8 Å². The van der Waals surface area contributed by atoms with E-state index in [1.165, 1.54) is 6.92 Å². The zero-order valence-electron chi connectivity index (χ0n) is 21.7. The zero-order valence-corrected chi connectivity index (χ0v) is 23.2. The molecule has 1 aliphatic rings. The summed E-state index contributed by atoms with van der Waals surface area (Å²) in [6.07, 6.45) is 4.49. The second-order valence-corrected chi connectivity index (χ2v) is 10.2. The molecular weight excluding hydrogens is 541 g/mol. The number of carbonyl (C=O) groups excluding carboxylic acids is 3. The van der Waals surface area contributed by atoms with Crippen molar-refractivity contribution in [3.63, 3.8) is 0 Å². The second kappa shape index (κ2) is 12.9. The highest BCUT2D eigenvalue weighted by atomic mass is 35.5. The molecule has 1 aromatic heterocycles. The van der Waals surface area contributed by atoms with Gasteiger partial charge in [0, 0.05) is 42.7 Å². The van der Waals surface area contributed by atoms with Gasteiger partial charge in [-0.25, -0.2) is 9.97 Å². The summed E-state index contributed by atoms with van der Waals surface area (Å²) < 4.78 is 5.30. The summed E-state index contributed by atoms with van der Waals surface area (Å²) in [4.78, 5) is 47.3. The van der Waals surface area contributed by atoms with E-state index in [2.05, 4.69) is 20.6 Å². The Morgan fingerprint density at radius 1 is 1.00 bits per heavy atom. The third-order valence-electron chi connectivity index (χ3n) is 6.24. The van der Waals surface area contributed by atoms with Gasteiger partial charge in [0.1, 0.15) is 5.82 Å². The number of hydrogen-bond donors (Lipinski definition) is 2. The molecule has 0 saturated heterocycles. The standard InChI is InChI=1S/C28H29Cl2N5O4/c1-17(36)39-25-26(30)33-23(34-27(25)35(2)16-24(37)31-21-5-3-4-6-21)15-18-7-13-22(14-8-18)32-28(38)19-9-11-20(29)12-10-19/h7-14,21H,3-6,15-16H2,1-2H3,(H,31,37)(H,32,38). The first-order chi connectivity index (χ1) is 18.7. The van der Waals surface area contributed by atoms with Gasteiger partial charge in [-0.15, -0.1) is 0 Å². The Labute approximate surface area is 236 Å². The summed E-state index contributed by atoms with van der Waals surface area (Å²) in [6, 6.07) is 14.0. The van der Waals surface area contributed by atoms with Crippen LogP contribution in [0.2, 0.25) is 10.2 Å². The molecular formula is C28H29Cl2N5O4. The number of anilines is 2. The highest BCUT2D eigenvalue weighted by Crippen LogP contribution is 2.33. The number of esters is 1. The van der Waals surface area contributed by atoms with Crippen LogP contribution < -0.4 is 20.3 Å². The number of nitrogens with zero attached hydrogens (tertiary/aromatic N) is 3. The topological polar surface area (TPSA) is 114 Å². The molecule has 1 aliphatic carbocycles. The van der Waals surface area contributed by atoms with Crippen LogP contribution in [-0.4, -0.2) is 47.4 Å². The smallest absolute Gasteiger partial charge is 0.308 e. The van der Waals surface area contributed by atoms with Crippen LogP contribution in [0, 0.1) is 0 Å². The molecule has 0 unspecified atom stereocenters. The van der Waals surface area contributed by atoms with Gasteiger partial charge >= 0.3 is 5.97 Å². The van der Waals surface area contributed by atoms with Gasteiger partial charge in [-0.2, -0.15) is 0 Å². The molecule has 4 rings (SSSR count). The van der Waals surface area contributed by atoms with E-state index >= 15 is 0 Å². The van der Waals surface area contributed by atoms with Gasteiger partial charge < -0.3 is 20.3 Å². The molecule has 2 N–H and O–H groups in total. The van der Waals surface area contributed by atoms with Crippen LogP contribution >= 0.6 is 23.2 Å². The summed E-state index contributed by atoms with van der Waals surface area (Å²) in [5, 5.41) is 6.41. The van der Waals surface area contributed by atoms with E-state index in [4.69, 9.17) is 27.9 Å². The van der Waals surface area contributed by atoms with Gasteiger partial charge in [0.25, 0.3) is 5.91 Å². The molecule has 2 aromatic carbocycles. The number of aromatic nitrogens is 2.